The molecular formula is C23H27FN6O. The number of hydrogen-bond acceptors (Lipinski definition) is 7. The van der Waals surface area contributed by atoms with Gasteiger partial charge < -0.3 is 26.0 Å². The van der Waals surface area contributed by atoms with Crippen LogP contribution in [0.15, 0.2) is 47.9 Å². The van der Waals surface area contributed by atoms with Crippen LogP contribution in [0.1, 0.15) is 43.1 Å². The zero-order chi connectivity index (χ0) is 22.1. The van der Waals surface area contributed by atoms with E-state index in [1.807, 2.05) is 19.2 Å². The zero-order valence-corrected chi connectivity index (χ0v) is 17.9. The normalized spacial score (nSPS) is 19.7. The topological polar surface area (TPSA) is 99.3 Å². The van der Waals surface area contributed by atoms with Crippen molar-refractivity contribution in [1.82, 2.24) is 20.5 Å². The predicted molar refractivity (Wildman–Crippen MR) is 120 cm³/mol. The largest absolute Gasteiger partial charge is 0.482 e. The van der Waals surface area contributed by atoms with Crippen LogP contribution in [0.3, 0.4) is 0 Å². The number of anilines is 1. The first-order valence-electron chi connectivity index (χ1n) is 10.3. The lowest BCUT2D eigenvalue weighted by molar-refractivity contribution is 0.226. The lowest BCUT2D eigenvalue weighted by Crippen LogP contribution is -2.29. The van der Waals surface area contributed by atoms with Crippen LogP contribution in [0, 0.1) is 11.2 Å². The van der Waals surface area contributed by atoms with Gasteiger partial charge in [0.25, 0.3) is 0 Å². The summed E-state index contributed by atoms with van der Waals surface area (Å²) in [5.74, 6) is 0.329. The Morgan fingerprint density at radius 1 is 1.42 bits per heavy atom. The van der Waals surface area contributed by atoms with Gasteiger partial charge in [0.05, 0.1) is 18.1 Å². The van der Waals surface area contributed by atoms with E-state index in [0.29, 0.717) is 35.8 Å². The fraction of sp³-hybridized carbons (Fsp3) is 0.304. The summed E-state index contributed by atoms with van der Waals surface area (Å²) in [5.41, 5.74) is 11.4. The highest BCUT2D eigenvalue weighted by molar-refractivity contribution is 6.12. The van der Waals surface area contributed by atoms with Gasteiger partial charge in [0.15, 0.2) is 11.6 Å². The summed E-state index contributed by atoms with van der Waals surface area (Å²) in [6.45, 7) is 5.03. The monoisotopic (exact) mass is 422 g/mol. The second-order valence-electron chi connectivity index (χ2n) is 7.65. The van der Waals surface area contributed by atoms with Crippen molar-refractivity contribution < 1.29 is 9.13 Å². The van der Waals surface area contributed by atoms with Crippen molar-refractivity contribution in [1.29, 1.82) is 5.41 Å². The highest BCUT2D eigenvalue weighted by Crippen LogP contribution is 2.35. The van der Waals surface area contributed by atoms with Crippen molar-refractivity contribution in [2.75, 3.05) is 26.0 Å². The van der Waals surface area contributed by atoms with E-state index in [1.54, 1.807) is 19.3 Å². The highest BCUT2D eigenvalue weighted by Gasteiger charge is 2.28. The molecule has 8 heteroatoms. The van der Waals surface area contributed by atoms with Gasteiger partial charge >= 0.3 is 0 Å². The summed E-state index contributed by atoms with van der Waals surface area (Å²) in [6.07, 6.45) is 3.86. The molecule has 0 aliphatic carbocycles. The van der Waals surface area contributed by atoms with Gasteiger partial charge in [-0.25, -0.2) is 9.37 Å². The number of fused-ring (bicyclic) bond motifs is 5. The Kier molecular flexibility index (Phi) is 5.54. The van der Waals surface area contributed by atoms with E-state index in [9.17, 15) is 4.39 Å². The van der Waals surface area contributed by atoms with Crippen LogP contribution in [0.25, 0.3) is 5.70 Å². The van der Waals surface area contributed by atoms with E-state index in [4.69, 9.17) is 15.9 Å². The van der Waals surface area contributed by atoms with Crippen LogP contribution < -0.4 is 21.1 Å². The number of aromatic nitrogens is 1. The molecule has 1 aromatic heterocycles. The molecule has 0 radical (unpaired) electrons. The zero-order valence-electron chi connectivity index (χ0n) is 17.9. The minimum absolute atomic E-state index is 0.271. The Hall–Kier alpha value is -3.55. The standard InChI is InChI=1S/C23H27FN6O/c1-4-19-22-14-7-20(23(26)28-10-14)31-13(2)18-8-16(24)5-6-17(18)21(25)15(9-27-3)11-30(22)12-29-19/h5-10,13,25,27,29H,4,11-12H2,1-3H3,(H2,26,28)/b15-9-,25-21?/t13-/m1/s1. The molecule has 4 rings (SSSR count). The maximum absolute atomic E-state index is 14.1. The third-order valence-electron chi connectivity index (χ3n) is 5.62. The van der Waals surface area contributed by atoms with Crippen molar-refractivity contribution in [3.05, 3.63) is 70.4 Å². The van der Waals surface area contributed by atoms with Gasteiger partial charge in [-0.2, -0.15) is 0 Å². The fourth-order valence-corrected chi connectivity index (χ4v) is 4.11. The maximum Gasteiger partial charge on any atom is 0.166 e. The van der Waals surface area contributed by atoms with Crippen molar-refractivity contribution >= 4 is 17.2 Å². The Morgan fingerprint density at radius 3 is 2.97 bits per heavy atom. The van der Waals surface area contributed by atoms with Crippen molar-refractivity contribution in [2.24, 2.45) is 0 Å². The SMILES string of the molecule is CCC1=C2c3cnc(N)c(c3)O[C@H](C)c3cc(F)ccc3C(=N)/C(=C\NC)CN2CN1. The molecule has 2 aliphatic rings. The average Bonchev–Trinajstić information content (AvgIpc) is 3.16. The Morgan fingerprint density at radius 2 is 2.23 bits per heavy atom. The summed E-state index contributed by atoms with van der Waals surface area (Å²) < 4.78 is 20.3. The Bertz CT molecular complexity index is 1090. The molecule has 1 atom stereocenters. The van der Waals surface area contributed by atoms with E-state index in [-0.39, 0.29) is 11.6 Å². The average molecular weight is 423 g/mol. The number of allylic oxidation sites excluding steroid dienone is 1. The summed E-state index contributed by atoms with van der Waals surface area (Å²) in [6, 6.07) is 6.31. The molecule has 0 unspecified atom stereocenters. The molecule has 162 valence electrons. The first kappa shape index (κ1) is 20.7. The highest BCUT2D eigenvalue weighted by atomic mass is 19.1. The second-order valence-corrected chi connectivity index (χ2v) is 7.65. The van der Waals surface area contributed by atoms with Crippen LogP contribution in [-0.2, 0) is 0 Å². The minimum atomic E-state index is -0.530. The smallest absolute Gasteiger partial charge is 0.166 e. The van der Waals surface area contributed by atoms with Gasteiger partial charge in [-0.3, -0.25) is 5.41 Å². The van der Waals surface area contributed by atoms with E-state index < -0.39 is 6.10 Å². The molecule has 2 aliphatic heterocycles. The predicted octanol–water partition coefficient (Wildman–Crippen LogP) is 3.37. The molecule has 0 saturated heterocycles. The first-order chi connectivity index (χ1) is 14.9. The van der Waals surface area contributed by atoms with E-state index in [1.165, 1.54) is 12.1 Å². The summed E-state index contributed by atoms with van der Waals surface area (Å²) in [4.78, 5) is 6.53. The number of nitrogens with one attached hydrogen (secondary N) is 3. The number of nitrogens with zero attached hydrogens (tertiary/aromatic N) is 2. The molecule has 7 nitrogen and oxygen atoms in total. The maximum atomic E-state index is 14.1. The number of rotatable bonds is 2. The first-order valence-corrected chi connectivity index (χ1v) is 10.3. The summed E-state index contributed by atoms with van der Waals surface area (Å²) in [5, 5.41) is 15.4. The number of hydrogen-bond donors (Lipinski definition) is 4. The van der Waals surface area contributed by atoms with Gasteiger partial charge in [0.2, 0.25) is 0 Å². The molecule has 31 heavy (non-hydrogen) atoms. The number of ether oxygens (including phenoxy) is 1. The molecule has 2 bridgehead atoms. The summed E-state index contributed by atoms with van der Waals surface area (Å²) >= 11 is 0. The number of pyridine rings is 1. The lowest BCUT2D eigenvalue weighted by Gasteiger charge is -2.27. The fourth-order valence-electron chi connectivity index (χ4n) is 4.11. The van der Waals surface area contributed by atoms with Crippen LogP contribution in [0.5, 0.6) is 5.75 Å². The third-order valence-corrected chi connectivity index (χ3v) is 5.62. The van der Waals surface area contributed by atoms with Gasteiger partial charge in [-0.15, -0.1) is 0 Å². The van der Waals surface area contributed by atoms with E-state index >= 15 is 0 Å². The number of nitrogen functional groups attached to an aromatic ring is 1. The van der Waals surface area contributed by atoms with Crippen LogP contribution in [-0.4, -0.2) is 35.9 Å². The number of benzene rings is 1. The van der Waals surface area contributed by atoms with Gasteiger partial charge in [0, 0.05) is 53.9 Å². The van der Waals surface area contributed by atoms with Crippen LogP contribution >= 0.6 is 0 Å². The van der Waals surface area contributed by atoms with Crippen molar-refractivity contribution in [3.63, 3.8) is 0 Å². The quantitative estimate of drug-likeness (QED) is 0.592. The Balaban J connectivity index is 1.94. The molecule has 0 amide bonds. The van der Waals surface area contributed by atoms with Gasteiger partial charge in [-0.05, 0) is 37.6 Å². The molecule has 2 aromatic rings. The molecular weight excluding hydrogens is 395 g/mol. The van der Waals surface area contributed by atoms with Crippen molar-refractivity contribution in [3.8, 4) is 5.75 Å². The van der Waals surface area contributed by atoms with Crippen LogP contribution in [0.2, 0.25) is 0 Å². The van der Waals surface area contributed by atoms with Gasteiger partial charge in [-0.1, -0.05) is 6.92 Å². The van der Waals surface area contributed by atoms with E-state index in [2.05, 4.69) is 27.4 Å². The molecule has 0 spiro atoms. The van der Waals surface area contributed by atoms with Gasteiger partial charge in [0.1, 0.15) is 11.9 Å². The number of nitrogens with two attached hydrogens (primary N) is 1. The molecule has 0 saturated carbocycles. The Labute approximate surface area is 181 Å². The third kappa shape index (κ3) is 3.81. The second kappa shape index (κ2) is 8.29. The van der Waals surface area contributed by atoms with Crippen LogP contribution in [0.4, 0.5) is 10.2 Å². The van der Waals surface area contributed by atoms with E-state index in [0.717, 1.165) is 29.0 Å². The molecule has 1 aromatic carbocycles. The van der Waals surface area contributed by atoms with Crippen molar-refractivity contribution in [2.45, 2.75) is 26.4 Å². The molecule has 3 heterocycles. The lowest BCUT2D eigenvalue weighted by atomic mass is 9.94. The minimum Gasteiger partial charge on any atom is -0.482 e. The summed E-state index contributed by atoms with van der Waals surface area (Å²) in [7, 11) is 1.81. The number of halogens is 1. The molecule has 5 N–H and O–H groups in total. The molecule has 0 fully saturated rings.